The number of hydrogen-bond donors (Lipinski definition) is 1. The molecule has 1 atom stereocenters. The van der Waals surface area contributed by atoms with Crippen molar-refractivity contribution in [2.75, 3.05) is 13.7 Å². The van der Waals surface area contributed by atoms with Gasteiger partial charge in [0.2, 0.25) is 0 Å². The highest BCUT2D eigenvalue weighted by molar-refractivity contribution is 6.30. The summed E-state index contributed by atoms with van der Waals surface area (Å²) in [5, 5.41) is 3.04. The van der Waals surface area contributed by atoms with E-state index in [0.717, 1.165) is 25.5 Å². The Kier molecular flexibility index (Phi) is 3.84. The molecule has 1 saturated heterocycles. The molecular weight excluding hydrogens is 248 g/mol. The average Bonchev–Trinajstić information content (AvgIpc) is 2.78. The van der Waals surface area contributed by atoms with Crippen molar-refractivity contribution in [1.29, 1.82) is 0 Å². The second-order valence-electron chi connectivity index (χ2n) is 4.16. The van der Waals surface area contributed by atoms with Crippen LogP contribution in [0.25, 0.3) is 0 Å². The summed E-state index contributed by atoms with van der Waals surface area (Å²) in [4.78, 5) is 0. The lowest BCUT2D eigenvalue weighted by Gasteiger charge is -2.15. The van der Waals surface area contributed by atoms with Crippen molar-refractivity contribution >= 4 is 11.6 Å². The van der Waals surface area contributed by atoms with Crippen LogP contribution in [0.5, 0.6) is 5.75 Å². The van der Waals surface area contributed by atoms with Crippen LogP contribution in [0.15, 0.2) is 6.07 Å². The first-order valence-corrected chi connectivity index (χ1v) is 5.95. The van der Waals surface area contributed by atoms with Gasteiger partial charge in [-0.05, 0) is 31.9 Å². The van der Waals surface area contributed by atoms with Gasteiger partial charge in [-0.2, -0.15) is 0 Å². The Morgan fingerprint density at radius 2 is 2.29 bits per heavy atom. The number of methoxy groups -OCH3 is 1. The molecule has 0 radical (unpaired) electrons. The molecule has 17 heavy (non-hydrogen) atoms. The summed E-state index contributed by atoms with van der Waals surface area (Å²) in [7, 11) is 1.33. The van der Waals surface area contributed by atoms with Crippen LogP contribution in [-0.4, -0.2) is 19.7 Å². The van der Waals surface area contributed by atoms with Crippen LogP contribution in [0.4, 0.5) is 8.78 Å². The van der Waals surface area contributed by atoms with Gasteiger partial charge < -0.3 is 10.1 Å². The van der Waals surface area contributed by atoms with E-state index in [1.165, 1.54) is 7.11 Å². The fraction of sp³-hybridized carbons (Fsp3) is 0.500. The Morgan fingerprint density at radius 1 is 1.53 bits per heavy atom. The Bertz CT molecular complexity index is 419. The van der Waals surface area contributed by atoms with Gasteiger partial charge in [-0.25, -0.2) is 8.78 Å². The maximum absolute atomic E-state index is 13.9. The van der Waals surface area contributed by atoms with E-state index in [2.05, 4.69) is 5.32 Å². The first kappa shape index (κ1) is 12.6. The molecule has 1 unspecified atom stereocenters. The monoisotopic (exact) mass is 261 g/mol. The standard InChI is InChI=1S/C12H14ClF2NO/c1-17-12-8(5-7-3-2-4-16-7)11(15)9(13)6-10(12)14/h6-7,16H,2-5H2,1H3. The summed E-state index contributed by atoms with van der Waals surface area (Å²) in [5.74, 6) is -1.24. The predicted molar refractivity (Wildman–Crippen MR) is 62.6 cm³/mol. The molecule has 1 fully saturated rings. The van der Waals surface area contributed by atoms with Crippen LogP contribution in [-0.2, 0) is 6.42 Å². The van der Waals surface area contributed by atoms with Gasteiger partial charge in [-0.1, -0.05) is 11.6 Å². The Balaban J connectivity index is 2.35. The first-order chi connectivity index (χ1) is 8.13. The summed E-state index contributed by atoms with van der Waals surface area (Å²) in [5.41, 5.74) is 0.219. The molecule has 2 rings (SSSR count). The lowest BCUT2D eigenvalue weighted by molar-refractivity contribution is 0.373. The first-order valence-electron chi connectivity index (χ1n) is 5.57. The van der Waals surface area contributed by atoms with Crippen LogP contribution in [0.3, 0.4) is 0 Å². The lowest BCUT2D eigenvalue weighted by atomic mass is 10.0. The number of nitrogens with one attached hydrogen (secondary N) is 1. The van der Waals surface area contributed by atoms with E-state index >= 15 is 0 Å². The third-order valence-corrected chi connectivity index (χ3v) is 3.31. The van der Waals surface area contributed by atoms with E-state index in [1.54, 1.807) is 0 Å². The topological polar surface area (TPSA) is 21.3 Å². The van der Waals surface area contributed by atoms with Crippen LogP contribution in [0.2, 0.25) is 5.02 Å². The molecule has 2 nitrogen and oxygen atoms in total. The van der Waals surface area contributed by atoms with Crippen LogP contribution < -0.4 is 10.1 Å². The van der Waals surface area contributed by atoms with E-state index < -0.39 is 11.6 Å². The molecule has 0 aliphatic carbocycles. The Labute approximate surface area is 104 Å². The Hall–Kier alpha value is -0.870. The van der Waals surface area contributed by atoms with Crippen molar-refractivity contribution in [3.05, 3.63) is 28.3 Å². The molecule has 0 saturated carbocycles. The highest BCUT2D eigenvalue weighted by Crippen LogP contribution is 2.32. The van der Waals surface area contributed by atoms with Gasteiger partial charge in [0.15, 0.2) is 11.6 Å². The highest BCUT2D eigenvalue weighted by atomic mass is 35.5. The number of halogens is 3. The largest absolute Gasteiger partial charge is 0.493 e. The van der Waals surface area contributed by atoms with Gasteiger partial charge in [0, 0.05) is 11.6 Å². The molecule has 5 heteroatoms. The molecule has 0 bridgehead atoms. The summed E-state index contributed by atoms with van der Waals surface area (Å²) in [6.07, 6.45) is 2.40. The molecule has 0 spiro atoms. The minimum atomic E-state index is -0.619. The SMILES string of the molecule is COc1c(F)cc(Cl)c(F)c1CC1CCCN1. The molecule has 94 valence electrons. The summed E-state index contributed by atoms with van der Waals surface area (Å²) in [6, 6.07) is 1.11. The van der Waals surface area contributed by atoms with Gasteiger partial charge >= 0.3 is 0 Å². The zero-order valence-electron chi connectivity index (χ0n) is 9.53. The smallest absolute Gasteiger partial charge is 0.167 e. The lowest BCUT2D eigenvalue weighted by Crippen LogP contribution is -2.24. The van der Waals surface area contributed by atoms with Crippen molar-refractivity contribution in [3.8, 4) is 5.75 Å². The second-order valence-corrected chi connectivity index (χ2v) is 4.57. The molecule has 1 aliphatic rings. The predicted octanol–water partition coefficient (Wildman–Crippen LogP) is 2.92. The van der Waals surface area contributed by atoms with Crippen molar-refractivity contribution in [1.82, 2.24) is 5.32 Å². The molecule has 1 N–H and O–H groups in total. The van der Waals surface area contributed by atoms with Crippen LogP contribution in [0, 0.1) is 11.6 Å². The summed E-state index contributed by atoms with van der Waals surface area (Å²) in [6.45, 7) is 0.914. The molecule has 1 heterocycles. The quantitative estimate of drug-likeness (QED) is 0.845. The minimum Gasteiger partial charge on any atom is -0.493 e. The minimum absolute atomic E-state index is 0.0411. The van der Waals surface area contributed by atoms with Crippen molar-refractivity contribution < 1.29 is 13.5 Å². The van der Waals surface area contributed by atoms with E-state index in [9.17, 15) is 8.78 Å². The van der Waals surface area contributed by atoms with Crippen LogP contribution >= 0.6 is 11.6 Å². The van der Waals surface area contributed by atoms with Crippen molar-refractivity contribution in [2.24, 2.45) is 0 Å². The van der Waals surface area contributed by atoms with E-state index in [1.807, 2.05) is 0 Å². The summed E-state index contributed by atoms with van der Waals surface area (Å²) >= 11 is 5.64. The number of ether oxygens (including phenoxy) is 1. The third-order valence-electron chi connectivity index (χ3n) is 3.04. The molecule has 1 aromatic rings. The highest BCUT2D eigenvalue weighted by Gasteiger charge is 2.23. The zero-order chi connectivity index (χ0) is 12.4. The second kappa shape index (κ2) is 5.19. The van der Waals surface area contributed by atoms with E-state index in [0.29, 0.717) is 6.42 Å². The normalized spacial score (nSPS) is 19.6. The van der Waals surface area contributed by atoms with Crippen LogP contribution in [0.1, 0.15) is 18.4 Å². The molecule has 1 aliphatic heterocycles. The van der Waals surface area contributed by atoms with Crippen molar-refractivity contribution in [2.45, 2.75) is 25.3 Å². The van der Waals surface area contributed by atoms with Gasteiger partial charge in [0.25, 0.3) is 0 Å². The zero-order valence-corrected chi connectivity index (χ0v) is 10.3. The van der Waals surface area contributed by atoms with Gasteiger partial charge in [-0.15, -0.1) is 0 Å². The molecule has 0 aromatic heterocycles. The third kappa shape index (κ3) is 2.53. The Morgan fingerprint density at radius 3 is 2.88 bits per heavy atom. The number of hydrogen-bond acceptors (Lipinski definition) is 2. The van der Waals surface area contributed by atoms with Crippen molar-refractivity contribution in [3.63, 3.8) is 0 Å². The molecule has 1 aromatic carbocycles. The molecular formula is C12H14ClF2NO. The van der Waals surface area contributed by atoms with Gasteiger partial charge in [-0.3, -0.25) is 0 Å². The maximum Gasteiger partial charge on any atom is 0.167 e. The van der Waals surface area contributed by atoms with E-state index in [-0.39, 0.29) is 22.4 Å². The fourth-order valence-electron chi connectivity index (χ4n) is 2.21. The van der Waals surface area contributed by atoms with Gasteiger partial charge in [0.1, 0.15) is 5.82 Å². The molecule has 0 amide bonds. The van der Waals surface area contributed by atoms with Gasteiger partial charge in [0.05, 0.1) is 12.1 Å². The maximum atomic E-state index is 13.9. The average molecular weight is 262 g/mol. The number of rotatable bonds is 3. The summed E-state index contributed by atoms with van der Waals surface area (Å²) < 4.78 is 32.4. The fourth-order valence-corrected chi connectivity index (χ4v) is 2.42. The number of benzene rings is 1. The van der Waals surface area contributed by atoms with E-state index in [4.69, 9.17) is 16.3 Å².